The van der Waals surface area contributed by atoms with Crippen molar-refractivity contribution in [1.82, 2.24) is 4.90 Å². The van der Waals surface area contributed by atoms with Crippen LogP contribution < -0.4 is 5.73 Å². The Balaban J connectivity index is 2.63. The first-order valence-electron chi connectivity index (χ1n) is 8.58. The van der Waals surface area contributed by atoms with Crippen LogP contribution in [-0.4, -0.2) is 30.1 Å². The van der Waals surface area contributed by atoms with Crippen LogP contribution in [0.1, 0.15) is 72.6 Å². The molecule has 2 N–H and O–H groups in total. The number of nitrogens with zero attached hydrogens (tertiary/aromatic N) is 1. The van der Waals surface area contributed by atoms with Crippen LogP contribution in [0, 0.1) is 11.8 Å². The molecule has 0 saturated heterocycles. The maximum Gasteiger partial charge on any atom is 0.00902 e. The van der Waals surface area contributed by atoms with E-state index < -0.39 is 0 Å². The molecule has 1 aliphatic rings. The molecule has 0 amide bonds. The molecule has 2 unspecified atom stereocenters. The molecule has 0 aromatic rings. The Hall–Kier alpha value is -0.0800. The lowest BCUT2D eigenvalue weighted by atomic mass is 9.93. The normalized spacial score (nSPS) is 25.3. The Morgan fingerprint density at radius 2 is 1.68 bits per heavy atom. The van der Waals surface area contributed by atoms with Crippen molar-refractivity contribution in [2.45, 2.75) is 84.7 Å². The van der Waals surface area contributed by atoms with E-state index in [1.54, 1.807) is 0 Å². The van der Waals surface area contributed by atoms with Crippen molar-refractivity contribution in [2.24, 2.45) is 17.6 Å². The van der Waals surface area contributed by atoms with Gasteiger partial charge in [-0.25, -0.2) is 0 Å². The monoisotopic (exact) mass is 268 g/mol. The van der Waals surface area contributed by atoms with Crippen LogP contribution in [0.15, 0.2) is 0 Å². The zero-order chi connectivity index (χ0) is 14.3. The average Bonchev–Trinajstić information content (AvgIpc) is 2.56. The minimum absolute atomic E-state index is 0.437. The summed E-state index contributed by atoms with van der Waals surface area (Å²) in [4.78, 5) is 2.74. The summed E-state index contributed by atoms with van der Waals surface area (Å²) in [5.41, 5.74) is 6.41. The highest BCUT2D eigenvalue weighted by atomic mass is 15.2. The van der Waals surface area contributed by atoms with E-state index >= 15 is 0 Å². The fourth-order valence-corrected chi connectivity index (χ4v) is 3.59. The molecule has 0 heterocycles. The van der Waals surface area contributed by atoms with Crippen molar-refractivity contribution >= 4 is 0 Å². The van der Waals surface area contributed by atoms with E-state index in [9.17, 15) is 0 Å². The molecule has 0 radical (unpaired) electrons. The van der Waals surface area contributed by atoms with Crippen LogP contribution in [0.4, 0.5) is 0 Å². The number of nitrogens with two attached hydrogens (primary N) is 1. The molecule has 114 valence electrons. The summed E-state index contributed by atoms with van der Waals surface area (Å²) in [6, 6.07) is 1.18. The van der Waals surface area contributed by atoms with Gasteiger partial charge in [-0.05, 0) is 37.5 Å². The SMILES string of the molecule is CCC(CC)N(CC(C)C)CC1CCCCCC1N. The van der Waals surface area contributed by atoms with E-state index in [0.29, 0.717) is 6.04 Å². The molecule has 2 atom stereocenters. The molecular formula is C17H36N2. The number of hydrogen-bond donors (Lipinski definition) is 1. The fraction of sp³-hybridized carbons (Fsp3) is 1.00. The van der Waals surface area contributed by atoms with Gasteiger partial charge < -0.3 is 5.73 Å². The van der Waals surface area contributed by atoms with E-state index in [-0.39, 0.29) is 0 Å². The van der Waals surface area contributed by atoms with Gasteiger partial charge in [0.25, 0.3) is 0 Å². The molecule has 0 bridgehead atoms. The van der Waals surface area contributed by atoms with Gasteiger partial charge in [0, 0.05) is 25.2 Å². The van der Waals surface area contributed by atoms with Gasteiger partial charge >= 0.3 is 0 Å². The third-order valence-corrected chi connectivity index (χ3v) is 4.75. The van der Waals surface area contributed by atoms with Gasteiger partial charge in [-0.3, -0.25) is 4.90 Å². The highest BCUT2D eigenvalue weighted by Crippen LogP contribution is 2.25. The molecule has 0 aromatic carbocycles. The summed E-state index contributed by atoms with van der Waals surface area (Å²) in [6.07, 6.45) is 9.23. The minimum atomic E-state index is 0.437. The molecule has 0 aliphatic heterocycles. The maximum absolute atomic E-state index is 6.41. The van der Waals surface area contributed by atoms with E-state index in [1.807, 2.05) is 0 Å². The minimum Gasteiger partial charge on any atom is -0.327 e. The summed E-state index contributed by atoms with van der Waals surface area (Å²) >= 11 is 0. The van der Waals surface area contributed by atoms with Gasteiger partial charge in [-0.1, -0.05) is 47.0 Å². The van der Waals surface area contributed by atoms with E-state index in [0.717, 1.165) is 17.9 Å². The largest absolute Gasteiger partial charge is 0.327 e. The Morgan fingerprint density at radius 1 is 1.05 bits per heavy atom. The standard InChI is InChI=1S/C17H36N2/c1-5-16(6-2)19(12-14(3)4)13-15-10-8-7-9-11-17(15)18/h14-17H,5-13,18H2,1-4H3. The zero-order valence-corrected chi connectivity index (χ0v) is 13.7. The molecule has 1 aliphatic carbocycles. The van der Waals surface area contributed by atoms with Crippen LogP contribution >= 0.6 is 0 Å². The smallest absolute Gasteiger partial charge is 0.00902 e. The summed E-state index contributed by atoms with van der Waals surface area (Å²) < 4.78 is 0. The van der Waals surface area contributed by atoms with Crippen LogP contribution in [0.2, 0.25) is 0 Å². The average molecular weight is 268 g/mol. The molecule has 0 aromatic heterocycles. The van der Waals surface area contributed by atoms with Gasteiger partial charge in [0.2, 0.25) is 0 Å². The van der Waals surface area contributed by atoms with Crippen molar-refractivity contribution < 1.29 is 0 Å². The summed E-state index contributed by atoms with van der Waals surface area (Å²) in [5.74, 6) is 1.48. The quantitative estimate of drug-likeness (QED) is 0.706. The molecule has 1 fully saturated rings. The number of hydrogen-bond acceptors (Lipinski definition) is 2. The van der Waals surface area contributed by atoms with Gasteiger partial charge in [0.15, 0.2) is 0 Å². The first kappa shape index (κ1) is 17.0. The third kappa shape index (κ3) is 5.83. The van der Waals surface area contributed by atoms with Crippen molar-refractivity contribution in [2.75, 3.05) is 13.1 Å². The van der Waals surface area contributed by atoms with Gasteiger partial charge in [0.1, 0.15) is 0 Å². The zero-order valence-electron chi connectivity index (χ0n) is 13.7. The molecule has 19 heavy (non-hydrogen) atoms. The van der Waals surface area contributed by atoms with Crippen LogP contribution in [-0.2, 0) is 0 Å². The summed E-state index contributed by atoms with van der Waals surface area (Å²) in [6.45, 7) is 11.8. The molecule has 0 spiro atoms. The predicted octanol–water partition coefficient (Wildman–Crippen LogP) is 4.04. The Kier molecular flexibility index (Phi) is 8.01. The second kappa shape index (κ2) is 8.97. The van der Waals surface area contributed by atoms with E-state index in [4.69, 9.17) is 5.73 Å². The van der Waals surface area contributed by atoms with Crippen molar-refractivity contribution in [3.05, 3.63) is 0 Å². The maximum atomic E-state index is 6.41. The third-order valence-electron chi connectivity index (χ3n) is 4.75. The second-order valence-electron chi connectivity index (χ2n) is 6.88. The van der Waals surface area contributed by atoms with E-state index in [2.05, 4.69) is 32.6 Å². The van der Waals surface area contributed by atoms with Crippen molar-refractivity contribution in [3.8, 4) is 0 Å². The summed E-state index contributed by atoms with van der Waals surface area (Å²) in [5, 5.41) is 0. The van der Waals surface area contributed by atoms with Crippen LogP contribution in [0.5, 0.6) is 0 Å². The number of rotatable bonds is 7. The highest BCUT2D eigenvalue weighted by molar-refractivity contribution is 4.82. The Morgan fingerprint density at radius 3 is 2.26 bits per heavy atom. The fourth-order valence-electron chi connectivity index (χ4n) is 3.59. The lowest BCUT2D eigenvalue weighted by Crippen LogP contribution is -2.44. The highest BCUT2D eigenvalue weighted by Gasteiger charge is 2.25. The Labute approximate surface area is 121 Å². The van der Waals surface area contributed by atoms with Gasteiger partial charge in [-0.2, -0.15) is 0 Å². The molecule has 1 saturated carbocycles. The molecule has 2 nitrogen and oxygen atoms in total. The lowest BCUT2D eigenvalue weighted by molar-refractivity contribution is 0.129. The van der Waals surface area contributed by atoms with Crippen LogP contribution in [0.3, 0.4) is 0 Å². The predicted molar refractivity (Wildman–Crippen MR) is 85.3 cm³/mol. The molecule has 2 heteroatoms. The first-order chi connectivity index (χ1) is 9.08. The van der Waals surface area contributed by atoms with Crippen molar-refractivity contribution in [1.29, 1.82) is 0 Å². The van der Waals surface area contributed by atoms with Crippen LogP contribution in [0.25, 0.3) is 0 Å². The Bertz CT molecular complexity index is 223. The lowest BCUT2D eigenvalue weighted by Gasteiger charge is -2.36. The second-order valence-corrected chi connectivity index (χ2v) is 6.88. The molecule has 1 rings (SSSR count). The summed E-state index contributed by atoms with van der Waals surface area (Å²) in [7, 11) is 0. The van der Waals surface area contributed by atoms with Gasteiger partial charge in [0.05, 0.1) is 0 Å². The first-order valence-corrected chi connectivity index (χ1v) is 8.58. The van der Waals surface area contributed by atoms with Crippen molar-refractivity contribution in [3.63, 3.8) is 0 Å². The molecular weight excluding hydrogens is 232 g/mol. The van der Waals surface area contributed by atoms with Gasteiger partial charge in [-0.15, -0.1) is 0 Å². The van der Waals surface area contributed by atoms with E-state index in [1.165, 1.54) is 58.0 Å². The topological polar surface area (TPSA) is 29.3 Å².